The first kappa shape index (κ1) is 16.9. The fraction of sp³-hybridized carbons (Fsp3) is 1.00. The van der Waals surface area contributed by atoms with Gasteiger partial charge in [0.2, 0.25) is 0 Å². The SMILES string of the molecule is CC1(C)O[C@@H](CI)[C@H](CO[Si](C)(C)C(C)(C)C)O1. The lowest BCUT2D eigenvalue weighted by molar-refractivity contribution is -0.147. The zero-order valence-electron chi connectivity index (χ0n) is 12.7. The zero-order chi connectivity index (χ0) is 14.2. The third-order valence-electron chi connectivity index (χ3n) is 3.85. The van der Waals surface area contributed by atoms with Crippen LogP contribution in [0.4, 0.5) is 0 Å². The molecule has 0 saturated carbocycles. The molecule has 0 radical (unpaired) electrons. The van der Waals surface area contributed by atoms with Crippen molar-refractivity contribution in [1.82, 2.24) is 0 Å². The number of hydrogen-bond donors (Lipinski definition) is 0. The molecule has 1 saturated heterocycles. The molecule has 5 heteroatoms. The molecule has 0 aromatic carbocycles. The Labute approximate surface area is 126 Å². The molecule has 18 heavy (non-hydrogen) atoms. The van der Waals surface area contributed by atoms with Gasteiger partial charge in [-0.05, 0) is 32.0 Å². The van der Waals surface area contributed by atoms with E-state index >= 15 is 0 Å². The summed E-state index contributed by atoms with van der Waals surface area (Å²) in [5.74, 6) is -0.475. The molecule has 1 heterocycles. The third-order valence-corrected chi connectivity index (χ3v) is 9.22. The Balaban J connectivity index is 2.58. The molecule has 0 spiro atoms. The van der Waals surface area contributed by atoms with Crippen LogP contribution in [-0.4, -0.2) is 37.3 Å². The summed E-state index contributed by atoms with van der Waals surface area (Å²) < 4.78 is 19.0. The van der Waals surface area contributed by atoms with Crippen LogP contribution in [0.5, 0.6) is 0 Å². The van der Waals surface area contributed by atoms with Crippen LogP contribution < -0.4 is 0 Å². The van der Waals surface area contributed by atoms with Crippen LogP contribution in [0.1, 0.15) is 34.6 Å². The van der Waals surface area contributed by atoms with Crippen molar-refractivity contribution in [3.63, 3.8) is 0 Å². The van der Waals surface area contributed by atoms with Crippen LogP contribution in [0, 0.1) is 0 Å². The molecule has 1 aliphatic rings. The molecule has 0 N–H and O–H groups in total. The fourth-order valence-electron chi connectivity index (χ4n) is 1.69. The average molecular weight is 386 g/mol. The van der Waals surface area contributed by atoms with E-state index < -0.39 is 14.1 Å². The van der Waals surface area contributed by atoms with Gasteiger partial charge < -0.3 is 13.9 Å². The molecule has 0 amide bonds. The van der Waals surface area contributed by atoms with Gasteiger partial charge in [0.15, 0.2) is 14.1 Å². The van der Waals surface area contributed by atoms with Crippen LogP contribution in [0.2, 0.25) is 18.1 Å². The van der Waals surface area contributed by atoms with Crippen molar-refractivity contribution >= 4 is 30.9 Å². The van der Waals surface area contributed by atoms with Crippen molar-refractivity contribution in [2.24, 2.45) is 0 Å². The lowest BCUT2D eigenvalue weighted by Gasteiger charge is -2.37. The Hall–Kier alpha value is 0.827. The molecular formula is C13H27IO3Si. The van der Waals surface area contributed by atoms with Gasteiger partial charge in [0.25, 0.3) is 0 Å². The van der Waals surface area contributed by atoms with E-state index in [1.54, 1.807) is 0 Å². The summed E-state index contributed by atoms with van der Waals surface area (Å²) >= 11 is 2.35. The van der Waals surface area contributed by atoms with E-state index in [1.165, 1.54) is 0 Å². The Morgan fingerprint density at radius 1 is 1.17 bits per heavy atom. The van der Waals surface area contributed by atoms with Crippen LogP contribution in [0.15, 0.2) is 0 Å². The van der Waals surface area contributed by atoms with Crippen molar-refractivity contribution < 1.29 is 13.9 Å². The van der Waals surface area contributed by atoms with E-state index in [4.69, 9.17) is 13.9 Å². The minimum Gasteiger partial charge on any atom is -0.414 e. The molecule has 0 aromatic heterocycles. The highest BCUT2D eigenvalue weighted by molar-refractivity contribution is 14.1. The van der Waals surface area contributed by atoms with Crippen molar-refractivity contribution in [1.29, 1.82) is 0 Å². The molecule has 3 nitrogen and oxygen atoms in total. The molecule has 108 valence electrons. The molecule has 1 rings (SSSR count). The van der Waals surface area contributed by atoms with Gasteiger partial charge in [0.05, 0.1) is 12.7 Å². The first-order valence-corrected chi connectivity index (χ1v) is 11.0. The molecule has 0 unspecified atom stereocenters. The van der Waals surface area contributed by atoms with Crippen molar-refractivity contribution in [3.05, 3.63) is 0 Å². The summed E-state index contributed by atoms with van der Waals surface area (Å²) in [6.45, 7) is 15.9. The van der Waals surface area contributed by atoms with E-state index in [2.05, 4.69) is 56.5 Å². The maximum Gasteiger partial charge on any atom is 0.192 e. The van der Waals surface area contributed by atoms with Crippen LogP contribution >= 0.6 is 22.6 Å². The molecule has 1 aliphatic heterocycles. The van der Waals surface area contributed by atoms with E-state index in [0.717, 1.165) is 4.43 Å². The summed E-state index contributed by atoms with van der Waals surface area (Å²) in [5, 5.41) is 0.238. The molecule has 0 aliphatic carbocycles. The average Bonchev–Trinajstić information content (AvgIpc) is 2.48. The zero-order valence-corrected chi connectivity index (χ0v) is 15.8. The summed E-state index contributed by atoms with van der Waals surface area (Å²) in [6, 6.07) is 0. The second-order valence-corrected chi connectivity index (χ2v) is 12.6. The highest BCUT2D eigenvalue weighted by atomic mass is 127. The van der Waals surface area contributed by atoms with Crippen LogP contribution in [-0.2, 0) is 13.9 Å². The summed E-state index contributed by atoms with van der Waals surface area (Å²) in [4.78, 5) is 0. The maximum absolute atomic E-state index is 6.23. The van der Waals surface area contributed by atoms with Crippen LogP contribution in [0.3, 0.4) is 0 Å². The second-order valence-electron chi connectivity index (χ2n) is 6.94. The minimum atomic E-state index is -1.70. The monoisotopic (exact) mass is 386 g/mol. The van der Waals surface area contributed by atoms with Crippen molar-refractivity contribution in [3.8, 4) is 0 Å². The van der Waals surface area contributed by atoms with Crippen molar-refractivity contribution in [2.75, 3.05) is 11.0 Å². The second kappa shape index (κ2) is 5.67. The Morgan fingerprint density at radius 3 is 2.11 bits per heavy atom. The van der Waals surface area contributed by atoms with E-state index in [1.807, 2.05) is 13.8 Å². The topological polar surface area (TPSA) is 27.7 Å². The Morgan fingerprint density at radius 2 is 1.67 bits per heavy atom. The van der Waals surface area contributed by atoms with Gasteiger partial charge >= 0.3 is 0 Å². The number of halogens is 1. The lowest BCUT2D eigenvalue weighted by Crippen LogP contribution is -2.44. The summed E-state index contributed by atoms with van der Waals surface area (Å²) in [5.41, 5.74) is 0. The van der Waals surface area contributed by atoms with Gasteiger partial charge in [-0.3, -0.25) is 0 Å². The molecule has 1 fully saturated rings. The highest BCUT2D eigenvalue weighted by Gasteiger charge is 2.43. The summed E-state index contributed by atoms with van der Waals surface area (Å²) in [6.07, 6.45) is 0.205. The van der Waals surface area contributed by atoms with E-state index in [9.17, 15) is 0 Å². The predicted molar refractivity (Wildman–Crippen MR) is 85.9 cm³/mol. The fourth-order valence-corrected chi connectivity index (χ4v) is 3.45. The number of alkyl halides is 1. The smallest absolute Gasteiger partial charge is 0.192 e. The predicted octanol–water partition coefficient (Wildman–Crippen LogP) is 3.96. The largest absolute Gasteiger partial charge is 0.414 e. The lowest BCUT2D eigenvalue weighted by atomic mass is 10.2. The van der Waals surface area contributed by atoms with Crippen molar-refractivity contribution in [2.45, 2.75) is 70.7 Å². The third kappa shape index (κ3) is 4.16. The van der Waals surface area contributed by atoms with Gasteiger partial charge in [-0.2, -0.15) is 0 Å². The van der Waals surface area contributed by atoms with Gasteiger partial charge in [0, 0.05) is 4.43 Å². The van der Waals surface area contributed by atoms with Gasteiger partial charge in [-0.1, -0.05) is 43.4 Å². The molecule has 2 atom stereocenters. The van der Waals surface area contributed by atoms with Gasteiger partial charge in [0.1, 0.15) is 6.10 Å². The number of hydrogen-bond acceptors (Lipinski definition) is 3. The van der Waals surface area contributed by atoms with E-state index in [0.29, 0.717) is 6.61 Å². The minimum absolute atomic E-state index is 0.0611. The molecular weight excluding hydrogens is 359 g/mol. The Kier molecular flexibility index (Phi) is 5.32. The Bertz CT molecular complexity index is 286. The molecule has 0 bridgehead atoms. The standard InChI is InChI=1S/C13H27IO3Si/c1-12(2,3)18(6,7)15-9-11-10(8-14)16-13(4,5)17-11/h10-11H,8-9H2,1-7H3/t10-,11-/m0/s1. The quantitative estimate of drug-likeness (QED) is 0.416. The summed E-state index contributed by atoms with van der Waals surface area (Å²) in [7, 11) is -1.70. The normalized spacial score (nSPS) is 28.7. The first-order chi connectivity index (χ1) is 7.98. The number of rotatable bonds is 4. The van der Waals surface area contributed by atoms with Crippen LogP contribution in [0.25, 0.3) is 0 Å². The van der Waals surface area contributed by atoms with Gasteiger partial charge in [-0.15, -0.1) is 0 Å². The number of ether oxygens (including phenoxy) is 2. The molecule has 0 aromatic rings. The van der Waals surface area contributed by atoms with Gasteiger partial charge in [-0.25, -0.2) is 0 Å². The highest BCUT2D eigenvalue weighted by Crippen LogP contribution is 2.37. The first-order valence-electron chi connectivity index (χ1n) is 6.54. The maximum atomic E-state index is 6.23. The van der Waals surface area contributed by atoms with E-state index in [-0.39, 0.29) is 17.2 Å².